The highest BCUT2D eigenvalue weighted by atomic mass is 35.5. The summed E-state index contributed by atoms with van der Waals surface area (Å²) in [5, 5.41) is 23.0. The van der Waals surface area contributed by atoms with Gasteiger partial charge in [-0.1, -0.05) is 63.1 Å². The van der Waals surface area contributed by atoms with Crippen molar-refractivity contribution in [3.63, 3.8) is 0 Å². The van der Waals surface area contributed by atoms with Crippen LogP contribution in [0.5, 0.6) is 17.2 Å². The van der Waals surface area contributed by atoms with Crippen LogP contribution in [0.15, 0.2) is 60.2 Å². The van der Waals surface area contributed by atoms with Gasteiger partial charge in [0.2, 0.25) is 12.5 Å². The number of anilines is 1. The van der Waals surface area contributed by atoms with Gasteiger partial charge in [-0.3, -0.25) is 9.69 Å². The summed E-state index contributed by atoms with van der Waals surface area (Å²) in [7, 11) is 1.96. The number of benzene rings is 3. The molecule has 1 saturated heterocycles. The van der Waals surface area contributed by atoms with Gasteiger partial charge < -0.3 is 34.5 Å². The number of rotatable bonds is 11. The van der Waals surface area contributed by atoms with Gasteiger partial charge in [0.15, 0.2) is 11.6 Å². The van der Waals surface area contributed by atoms with Crippen molar-refractivity contribution in [3.8, 4) is 17.2 Å². The van der Waals surface area contributed by atoms with Crippen LogP contribution in [-0.4, -0.2) is 67.5 Å². The fourth-order valence-electron chi connectivity index (χ4n) is 5.98. The summed E-state index contributed by atoms with van der Waals surface area (Å²) in [6.07, 6.45) is 4.85. The second kappa shape index (κ2) is 22.0. The Kier molecular flexibility index (Phi) is 18.5. The molecule has 0 saturated carbocycles. The summed E-state index contributed by atoms with van der Waals surface area (Å²) in [4.78, 5) is 25.4. The molecule has 0 spiro atoms. The molecule has 1 fully saturated rings. The first kappa shape index (κ1) is 43.0. The van der Waals surface area contributed by atoms with E-state index in [4.69, 9.17) is 30.9 Å². The van der Waals surface area contributed by atoms with Gasteiger partial charge >= 0.3 is 5.97 Å². The number of aliphatic hydroxyl groups is 1. The van der Waals surface area contributed by atoms with Crippen LogP contribution in [-0.2, 0) is 22.4 Å². The molecule has 9 nitrogen and oxygen atoms in total. The number of carbonyl (C=O) groups excluding carboxylic acids is 1. The Balaban J connectivity index is 0.000000373. The standard InChI is InChI=1S/C22H22FNO7.C11H16ClN.C5H10.C2H6/c23-17-9-14(10-18-21(17)31-12-30-18)16-11-24(5-6-25)20(19(16)22(27)28)13-1-3-15(4-2-13)29-8-7-26;1-4-8-6-10(12)7-9(5-2)11(8)13-3;1-4-5(2)3;1-2/h1-4,6,9-10,16,19-20,26H,5,7-8,11-12H2,(H,27,28);6-7,13H,4-5H2,1-3H3;4H,1-3H3;1-2H3/t16-,19-,20+;;;/m1.../s1. The SMILES string of the molecule is CC.CC=C(C)C.CCc1cc(Cl)cc(CC)c1NC.O=CCN1C[C@H](c2cc(F)c3c(c2)OCO3)[C@@H](C(=O)O)[C@@H]1c1ccc(OCCO)cc1. The summed E-state index contributed by atoms with van der Waals surface area (Å²) in [5.41, 5.74) is 6.41. The molecule has 2 heterocycles. The number of carbonyl (C=O) groups is 2. The highest BCUT2D eigenvalue weighted by Crippen LogP contribution is 2.48. The number of nitrogens with zero attached hydrogens (tertiary/aromatic N) is 1. The first-order chi connectivity index (χ1) is 24.5. The molecule has 51 heavy (non-hydrogen) atoms. The molecule has 3 N–H and O–H groups in total. The van der Waals surface area contributed by atoms with Gasteiger partial charge in [0.25, 0.3) is 0 Å². The van der Waals surface area contributed by atoms with Gasteiger partial charge in [0.1, 0.15) is 18.6 Å². The molecule has 3 atom stereocenters. The van der Waals surface area contributed by atoms with E-state index in [0.717, 1.165) is 24.2 Å². The molecule has 0 bridgehead atoms. The molecule has 0 aromatic heterocycles. The molecular weight excluding hydrogens is 675 g/mol. The lowest BCUT2D eigenvalue weighted by molar-refractivity contribution is -0.143. The van der Waals surface area contributed by atoms with E-state index in [1.165, 1.54) is 28.5 Å². The number of fused-ring (bicyclic) bond motifs is 1. The van der Waals surface area contributed by atoms with E-state index in [9.17, 15) is 19.1 Å². The average Bonchev–Trinajstić information content (AvgIpc) is 3.78. The number of hydrogen-bond donors (Lipinski definition) is 3. The predicted octanol–water partition coefficient (Wildman–Crippen LogP) is 8.47. The Morgan fingerprint density at radius 2 is 1.67 bits per heavy atom. The Morgan fingerprint density at radius 3 is 2.16 bits per heavy atom. The maximum Gasteiger partial charge on any atom is 0.309 e. The number of allylic oxidation sites excluding steroid dienone is 2. The van der Waals surface area contributed by atoms with Crippen LogP contribution in [0.4, 0.5) is 10.1 Å². The molecule has 11 heteroatoms. The minimum atomic E-state index is -1.04. The predicted molar refractivity (Wildman–Crippen MR) is 202 cm³/mol. The minimum absolute atomic E-state index is 0.0217. The van der Waals surface area contributed by atoms with E-state index in [2.05, 4.69) is 39.1 Å². The summed E-state index contributed by atoms with van der Waals surface area (Å²) >= 11 is 6.01. The van der Waals surface area contributed by atoms with Gasteiger partial charge in [-0.25, -0.2) is 4.39 Å². The maximum absolute atomic E-state index is 14.5. The Bertz CT molecular complexity index is 1550. The lowest BCUT2D eigenvalue weighted by atomic mass is 9.82. The van der Waals surface area contributed by atoms with E-state index >= 15 is 0 Å². The van der Waals surface area contributed by atoms with Gasteiger partial charge in [0, 0.05) is 36.3 Å². The van der Waals surface area contributed by atoms with Crippen LogP contribution < -0.4 is 19.5 Å². The van der Waals surface area contributed by atoms with Gasteiger partial charge in [-0.2, -0.15) is 0 Å². The number of likely N-dealkylation sites (tertiary alicyclic amines) is 1. The largest absolute Gasteiger partial charge is 0.491 e. The summed E-state index contributed by atoms with van der Waals surface area (Å²) in [5.74, 6) is -2.31. The zero-order valence-corrected chi connectivity index (χ0v) is 31.9. The molecule has 280 valence electrons. The van der Waals surface area contributed by atoms with Crippen molar-refractivity contribution in [2.75, 3.05) is 45.5 Å². The second-order valence-corrected chi connectivity index (χ2v) is 12.3. The average molecular weight is 729 g/mol. The van der Waals surface area contributed by atoms with Crippen LogP contribution in [0.2, 0.25) is 5.02 Å². The maximum atomic E-state index is 14.5. The van der Waals surface area contributed by atoms with Crippen molar-refractivity contribution >= 4 is 29.5 Å². The molecular formula is C40H54ClFN2O7. The molecule has 0 radical (unpaired) electrons. The number of nitrogens with one attached hydrogen (secondary N) is 1. The zero-order chi connectivity index (χ0) is 38.1. The van der Waals surface area contributed by atoms with Crippen LogP contribution in [0.3, 0.4) is 0 Å². The van der Waals surface area contributed by atoms with E-state index < -0.39 is 29.7 Å². The molecule has 2 aliphatic heterocycles. The van der Waals surface area contributed by atoms with Crippen molar-refractivity contribution in [3.05, 3.63) is 93.3 Å². The van der Waals surface area contributed by atoms with E-state index in [0.29, 0.717) is 16.9 Å². The number of aryl methyl sites for hydroxylation is 2. The number of aldehydes is 1. The number of carboxylic acid groups (broad SMARTS) is 1. The van der Waals surface area contributed by atoms with Gasteiger partial charge in [0.05, 0.1) is 19.1 Å². The smallest absolute Gasteiger partial charge is 0.309 e. The van der Waals surface area contributed by atoms with E-state index in [1.807, 2.05) is 40.0 Å². The number of aliphatic hydroxyl groups excluding tert-OH is 1. The van der Waals surface area contributed by atoms with E-state index in [-0.39, 0.29) is 44.6 Å². The van der Waals surface area contributed by atoms with Crippen molar-refractivity contribution in [2.24, 2.45) is 5.92 Å². The van der Waals surface area contributed by atoms with Gasteiger partial charge in [-0.15, -0.1) is 0 Å². The first-order valence-corrected chi connectivity index (χ1v) is 17.8. The Labute approximate surface area is 307 Å². The summed E-state index contributed by atoms with van der Waals surface area (Å²) in [6.45, 7) is 14.7. The summed E-state index contributed by atoms with van der Waals surface area (Å²) < 4.78 is 30.3. The van der Waals surface area contributed by atoms with E-state index in [1.54, 1.807) is 35.2 Å². The lowest BCUT2D eigenvalue weighted by Crippen LogP contribution is -2.30. The third-order valence-corrected chi connectivity index (χ3v) is 8.73. The van der Waals surface area contributed by atoms with Crippen LogP contribution >= 0.6 is 11.6 Å². The van der Waals surface area contributed by atoms with Crippen molar-refractivity contribution < 1.29 is 38.4 Å². The quantitative estimate of drug-likeness (QED) is 0.132. The number of carboxylic acids is 1. The van der Waals surface area contributed by atoms with Crippen molar-refractivity contribution in [1.82, 2.24) is 4.90 Å². The number of aliphatic carboxylic acids is 1. The Hall–Kier alpha value is -4.12. The highest BCUT2D eigenvalue weighted by molar-refractivity contribution is 6.30. The highest BCUT2D eigenvalue weighted by Gasteiger charge is 2.47. The summed E-state index contributed by atoms with van der Waals surface area (Å²) in [6, 6.07) is 13.2. The normalized spacial score (nSPS) is 17.0. The van der Waals surface area contributed by atoms with Crippen molar-refractivity contribution in [2.45, 2.75) is 73.3 Å². The Morgan fingerprint density at radius 1 is 1.06 bits per heavy atom. The van der Waals surface area contributed by atoms with Crippen LogP contribution in [0.25, 0.3) is 0 Å². The molecule has 3 aromatic rings. The molecule has 0 aliphatic carbocycles. The van der Waals surface area contributed by atoms with Crippen LogP contribution in [0.1, 0.15) is 82.7 Å². The van der Waals surface area contributed by atoms with Gasteiger partial charge in [-0.05, 0) is 92.3 Å². The fourth-order valence-corrected chi connectivity index (χ4v) is 6.24. The molecule has 2 aliphatic rings. The topological polar surface area (TPSA) is 118 Å². The minimum Gasteiger partial charge on any atom is -0.491 e. The lowest BCUT2D eigenvalue weighted by Gasteiger charge is -2.26. The monoisotopic (exact) mass is 728 g/mol. The molecule has 3 aromatic carbocycles. The molecule has 0 amide bonds. The first-order valence-electron chi connectivity index (χ1n) is 17.4. The number of ether oxygens (including phenoxy) is 3. The molecule has 0 unspecified atom stereocenters. The number of halogens is 2. The molecule has 5 rings (SSSR count). The third-order valence-electron chi connectivity index (χ3n) is 8.51. The zero-order valence-electron chi connectivity index (χ0n) is 31.1. The fraction of sp³-hybridized carbons (Fsp3) is 0.450. The van der Waals surface area contributed by atoms with Crippen LogP contribution in [0, 0.1) is 11.7 Å². The second-order valence-electron chi connectivity index (χ2n) is 11.8. The number of hydrogen-bond acceptors (Lipinski definition) is 8. The third kappa shape index (κ3) is 11.7. The van der Waals surface area contributed by atoms with Crippen molar-refractivity contribution in [1.29, 1.82) is 0 Å².